The molecule has 0 aromatic heterocycles. The number of hydrogen-bond donors (Lipinski definition) is 1. The van der Waals surface area contributed by atoms with Crippen LogP contribution in [0.4, 0.5) is 17.6 Å². The molecule has 1 aliphatic heterocycles. The predicted octanol–water partition coefficient (Wildman–Crippen LogP) is 2.70. The maximum absolute atomic E-state index is 13.9. The molecule has 0 saturated carbocycles. The third-order valence-electron chi connectivity index (χ3n) is 3.30. The van der Waals surface area contributed by atoms with E-state index in [1.807, 2.05) is 0 Å². The molecule has 1 aliphatic rings. The first-order valence-electron chi connectivity index (χ1n) is 6.19. The molecule has 1 amide bonds. The molecule has 0 spiro atoms. The molecule has 0 radical (unpaired) electrons. The van der Waals surface area contributed by atoms with Crippen molar-refractivity contribution in [3.05, 3.63) is 35.1 Å². The fourth-order valence-corrected chi connectivity index (χ4v) is 2.21. The van der Waals surface area contributed by atoms with Crippen LogP contribution in [0.2, 0.25) is 0 Å². The first-order valence-corrected chi connectivity index (χ1v) is 6.19. The van der Waals surface area contributed by atoms with Gasteiger partial charge in [-0.3, -0.25) is 4.79 Å². The second-order valence-corrected chi connectivity index (χ2v) is 4.72. The molecule has 1 aromatic rings. The third kappa shape index (κ3) is 3.65. The second kappa shape index (κ2) is 6.62. The predicted molar refractivity (Wildman–Crippen MR) is 72.0 cm³/mol. The Morgan fingerprint density at radius 1 is 1.38 bits per heavy atom. The van der Waals surface area contributed by atoms with E-state index < -0.39 is 29.0 Å². The number of alkyl halides is 3. The van der Waals surface area contributed by atoms with E-state index in [1.54, 1.807) is 6.92 Å². The molecule has 1 N–H and O–H groups in total. The lowest BCUT2D eigenvalue weighted by molar-refractivity contribution is -0.140. The molecule has 2 rings (SSSR count). The molecule has 118 valence electrons. The van der Waals surface area contributed by atoms with Gasteiger partial charge >= 0.3 is 6.18 Å². The maximum atomic E-state index is 13.9. The Morgan fingerprint density at radius 2 is 2.05 bits per heavy atom. The molecular formula is C13H15ClF4N2O. The molecular weight excluding hydrogens is 312 g/mol. The van der Waals surface area contributed by atoms with Crippen molar-refractivity contribution in [3.63, 3.8) is 0 Å². The Balaban J connectivity index is 0.00000220. The van der Waals surface area contributed by atoms with E-state index in [9.17, 15) is 22.4 Å². The van der Waals surface area contributed by atoms with Gasteiger partial charge in [0.05, 0.1) is 11.1 Å². The molecule has 1 saturated heterocycles. The molecule has 1 atom stereocenters. The van der Waals surface area contributed by atoms with Gasteiger partial charge < -0.3 is 10.2 Å². The summed E-state index contributed by atoms with van der Waals surface area (Å²) in [6.45, 7) is 3.17. The fourth-order valence-electron chi connectivity index (χ4n) is 2.21. The second-order valence-electron chi connectivity index (χ2n) is 4.72. The van der Waals surface area contributed by atoms with Crippen LogP contribution in [-0.4, -0.2) is 36.5 Å². The Bertz CT molecular complexity index is 521. The van der Waals surface area contributed by atoms with Gasteiger partial charge in [-0.1, -0.05) is 6.07 Å². The topological polar surface area (TPSA) is 32.3 Å². The minimum absolute atomic E-state index is 0. The minimum atomic E-state index is -4.81. The largest absolute Gasteiger partial charge is 0.419 e. The van der Waals surface area contributed by atoms with Gasteiger partial charge in [0.1, 0.15) is 5.82 Å². The summed E-state index contributed by atoms with van der Waals surface area (Å²) in [5.41, 5.74) is -1.94. The van der Waals surface area contributed by atoms with E-state index in [0.29, 0.717) is 25.7 Å². The summed E-state index contributed by atoms with van der Waals surface area (Å²) in [6, 6.07) is 2.58. The van der Waals surface area contributed by atoms with Gasteiger partial charge in [-0.2, -0.15) is 13.2 Å². The van der Waals surface area contributed by atoms with E-state index in [-0.39, 0.29) is 18.4 Å². The summed E-state index contributed by atoms with van der Waals surface area (Å²) in [5.74, 6) is -2.21. The van der Waals surface area contributed by atoms with E-state index in [4.69, 9.17) is 0 Å². The third-order valence-corrected chi connectivity index (χ3v) is 3.30. The number of carbonyl (C=O) groups is 1. The molecule has 1 fully saturated rings. The summed E-state index contributed by atoms with van der Waals surface area (Å²) < 4.78 is 51.8. The molecule has 1 heterocycles. The molecule has 0 bridgehead atoms. The van der Waals surface area contributed by atoms with Gasteiger partial charge in [-0.15, -0.1) is 12.4 Å². The van der Waals surface area contributed by atoms with Crippen LogP contribution in [0, 0.1) is 5.82 Å². The van der Waals surface area contributed by atoms with E-state index in [0.717, 1.165) is 12.1 Å². The monoisotopic (exact) mass is 326 g/mol. The SMILES string of the molecule is C[C@@H]1CNCCN1C(=O)c1cccc(C(F)(F)F)c1F.Cl. The van der Waals surface area contributed by atoms with E-state index >= 15 is 0 Å². The van der Waals surface area contributed by atoms with E-state index in [1.165, 1.54) is 4.90 Å². The average molecular weight is 327 g/mol. The van der Waals surface area contributed by atoms with Crippen molar-refractivity contribution in [2.45, 2.75) is 19.1 Å². The summed E-state index contributed by atoms with van der Waals surface area (Å²) in [5, 5.41) is 3.05. The smallest absolute Gasteiger partial charge is 0.333 e. The average Bonchev–Trinajstić information content (AvgIpc) is 2.37. The summed E-state index contributed by atoms with van der Waals surface area (Å²) in [6.07, 6.45) is -4.81. The van der Waals surface area contributed by atoms with E-state index in [2.05, 4.69) is 5.32 Å². The quantitative estimate of drug-likeness (QED) is 0.805. The molecule has 3 nitrogen and oxygen atoms in total. The number of carbonyl (C=O) groups excluding carboxylic acids is 1. The summed E-state index contributed by atoms with van der Waals surface area (Å²) in [4.78, 5) is 13.6. The number of piperazine rings is 1. The zero-order valence-corrected chi connectivity index (χ0v) is 12.0. The van der Waals surface area contributed by atoms with Gasteiger partial charge in [-0.05, 0) is 19.1 Å². The Labute approximate surface area is 125 Å². The van der Waals surface area contributed by atoms with Crippen molar-refractivity contribution in [1.29, 1.82) is 0 Å². The van der Waals surface area contributed by atoms with Crippen LogP contribution in [0.25, 0.3) is 0 Å². The molecule has 21 heavy (non-hydrogen) atoms. The number of benzene rings is 1. The zero-order valence-electron chi connectivity index (χ0n) is 11.2. The van der Waals surface area contributed by atoms with Gasteiger partial charge in [0, 0.05) is 25.7 Å². The van der Waals surface area contributed by atoms with Gasteiger partial charge in [-0.25, -0.2) is 4.39 Å². The number of amides is 1. The van der Waals surface area contributed by atoms with Crippen molar-refractivity contribution < 1.29 is 22.4 Å². The molecule has 0 aliphatic carbocycles. The lowest BCUT2D eigenvalue weighted by Gasteiger charge is -2.34. The Hall–Kier alpha value is -1.34. The Morgan fingerprint density at radius 3 is 2.62 bits per heavy atom. The minimum Gasteiger partial charge on any atom is -0.333 e. The highest BCUT2D eigenvalue weighted by molar-refractivity contribution is 5.95. The van der Waals surface area contributed by atoms with Crippen molar-refractivity contribution in [2.24, 2.45) is 0 Å². The number of nitrogens with zero attached hydrogens (tertiary/aromatic N) is 1. The van der Waals surface area contributed by atoms with Crippen LogP contribution in [0.1, 0.15) is 22.8 Å². The normalized spacial score (nSPS) is 19.1. The van der Waals surface area contributed by atoms with Crippen molar-refractivity contribution in [1.82, 2.24) is 10.2 Å². The zero-order chi connectivity index (χ0) is 14.9. The van der Waals surface area contributed by atoms with Crippen molar-refractivity contribution in [3.8, 4) is 0 Å². The summed E-state index contributed by atoms with van der Waals surface area (Å²) >= 11 is 0. The number of rotatable bonds is 1. The molecule has 0 unspecified atom stereocenters. The number of halogens is 5. The van der Waals surface area contributed by atoms with Crippen molar-refractivity contribution >= 4 is 18.3 Å². The fraction of sp³-hybridized carbons (Fsp3) is 0.462. The lowest BCUT2D eigenvalue weighted by atomic mass is 10.1. The Kier molecular flexibility index (Phi) is 5.58. The van der Waals surface area contributed by atoms with Crippen LogP contribution in [0.3, 0.4) is 0 Å². The molecule has 8 heteroatoms. The lowest BCUT2D eigenvalue weighted by Crippen LogP contribution is -2.52. The number of nitrogens with one attached hydrogen (secondary N) is 1. The highest BCUT2D eigenvalue weighted by Crippen LogP contribution is 2.32. The highest BCUT2D eigenvalue weighted by Gasteiger charge is 2.36. The standard InChI is InChI=1S/C13H14F4N2O.ClH/c1-8-7-18-5-6-19(8)12(20)9-3-2-4-10(11(9)14)13(15,16)17;/h2-4,8,18H,5-7H2,1H3;1H/t8-;/m1./s1. The first-order chi connectivity index (χ1) is 9.32. The van der Waals surface area contributed by atoms with Crippen LogP contribution in [-0.2, 0) is 6.18 Å². The first kappa shape index (κ1) is 17.7. The van der Waals surface area contributed by atoms with Crippen molar-refractivity contribution in [2.75, 3.05) is 19.6 Å². The van der Waals surface area contributed by atoms with Gasteiger partial charge in [0.25, 0.3) is 5.91 Å². The molecule has 1 aromatic carbocycles. The van der Waals surface area contributed by atoms with Crippen LogP contribution in [0.15, 0.2) is 18.2 Å². The van der Waals surface area contributed by atoms with Crippen LogP contribution in [0.5, 0.6) is 0 Å². The van der Waals surface area contributed by atoms with Gasteiger partial charge in [0.2, 0.25) is 0 Å². The summed E-state index contributed by atoms with van der Waals surface area (Å²) in [7, 11) is 0. The van der Waals surface area contributed by atoms with Crippen LogP contribution >= 0.6 is 12.4 Å². The highest BCUT2D eigenvalue weighted by atomic mass is 35.5. The van der Waals surface area contributed by atoms with Crippen LogP contribution < -0.4 is 5.32 Å². The van der Waals surface area contributed by atoms with Gasteiger partial charge in [0.15, 0.2) is 0 Å². The number of hydrogen-bond acceptors (Lipinski definition) is 2. The maximum Gasteiger partial charge on any atom is 0.419 e.